The molecule has 0 unspecified atom stereocenters. The van der Waals surface area contributed by atoms with Crippen molar-refractivity contribution < 1.29 is 102 Å². The molecule has 2 aliphatic carbocycles. The van der Waals surface area contributed by atoms with Gasteiger partial charge in [-0.2, -0.15) is 0 Å². The number of carboxylic acids is 4. The van der Waals surface area contributed by atoms with Crippen molar-refractivity contribution >= 4 is 222 Å². The first-order chi connectivity index (χ1) is 65.7. The van der Waals surface area contributed by atoms with Crippen LogP contribution < -0.4 is 46.6 Å². The van der Waals surface area contributed by atoms with E-state index in [2.05, 4.69) is 21.3 Å². The lowest BCUT2D eigenvalue weighted by Crippen LogP contribution is -2.42. The number of nitrogens with zero attached hydrogens (tertiary/aromatic N) is 5. The molecule has 10 aromatic rings. The highest BCUT2D eigenvalue weighted by molar-refractivity contribution is 6.43. The summed E-state index contributed by atoms with van der Waals surface area (Å²) in [6, 6.07) is 47.4. The number of benzene rings is 10. The van der Waals surface area contributed by atoms with Crippen molar-refractivity contribution in [3.05, 3.63) is 330 Å². The largest absolute Gasteiger partial charge is 0.480 e. The number of fused-ring (bicyclic) bond motifs is 3. The molecule has 10 N–H and O–H groups in total. The third-order valence-electron chi connectivity index (χ3n) is 23.4. The van der Waals surface area contributed by atoms with Crippen LogP contribution in [0.3, 0.4) is 0 Å². The highest BCUT2D eigenvalue weighted by Gasteiger charge is 2.49. The van der Waals surface area contributed by atoms with Gasteiger partial charge in [0.25, 0.3) is 65.0 Å². The van der Waals surface area contributed by atoms with Gasteiger partial charge in [-0.3, -0.25) is 67.2 Å². The Balaban J connectivity index is 0.000000156. The monoisotopic (exact) mass is 2020 g/mol. The molecule has 6 atom stereocenters. The van der Waals surface area contributed by atoms with E-state index in [1.165, 1.54) is 118 Å². The fourth-order valence-electron chi connectivity index (χ4n) is 16.4. The number of nitrogens with one attached hydrogen (secondary N) is 4. The Morgan fingerprint density at radius 3 is 0.862 bits per heavy atom. The number of carbonyl (C=O) groups excluding carboxylic acids is 13. The lowest BCUT2D eigenvalue weighted by molar-refractivity contribution is -0.140. The Labute approximate surface area is 826 Å². The predicted molar refractivity (Wildman–Crippen MR) is 516 cm³/mol. The fourth-order valence-corrected chi connectivity index (χ4v) is 18.7. The second-order valence-electron chi connectivity index (χ2n) is 32.6. The van der Waals surface area contributed by atoms with Crippen LogP contribution in [-0.2, 0) is 64.0 Å². The summed E-state index contributed by atoms with van der Waals surface area (Å²) < 4.78 is 0. The minimum atomic E-state index is -1.30. The van der Waals surface area contributed by atoms with Gasteiger partial charge >= 0.3 is 23.9 Å². The molecule has 6 aliphatic rings. The van der Waals surface area contributed by atoms with E-state index >= 15 is 0 Å². The zero-order chi connectivity index (χ0) is 99.7. The van der Waals surface area contributed by atoms with Crippen LogP contribution in [0.1, 0.15) is 167 Å². The molecule has 0 spiro atoms. The van der Waals surface area contributed by atoms with E-state index in [1.807, 2.05) is 0 Å². The van der Waals surface area contributed by atoms with Gasteiger partial charge in [0.2, 0.25) is 11.8 Å². The minimum absolute atomic E-state index is 0.00340. The molecule has 4 aliphatic heterocycles. The molecule has 13 amide bonds. The number of amides is 13. The number of rotatable bonds is 25. The van der Waals surface area contributed by atoms with E-state index < -0.39 is 95.3 Å². The lowest BCUT2D eigenvalue weighted by Gasteiger charge is -2.19. The summed E-state index contributed by atoms with van der Waals surface area (Å²) in [4.78, 5) is 218. The summed E-state index contributed by atoms with van der Waals surface area (Å²) in [7, 11) is 3.17. The highest BCUT2D eigenvalue weighted by Crippen LogP contribution is 2.42. The Morgan fingerprint density at radius 1 is 0.333 bits per heavy atom. The summed E-state index contributed by atoms with van der Waals surface area (Å²) in [6.07, 6.45) is 6.24. The Bertz CT molecular complexity index is 6460. The maximum atomic E-state index is 13.0. The third kappa shape index (κ3) is 22.4. The minimum Gasteiger partial charge on any atom is -0.480 e. The standard InChI is InChI=1S/C27H21Cl2N3O6.C24H17Cl2N3O5.C24H22Cl2N2O5.C24H20Cl2N2O5/c1-31(2)24(34)15-8-11-17-18(13-15)26(36)32(25(17)35)16-9-6-14(7-10-16)12-21(27(37)38)30-23(33)22-19(28)4-3-5-20(22)29;25-17-2-1-3-18(26)20(17)21(30)28-19(24(33)34)10-12-4-7-14(8-5-12)29-22(31)15-9-6-13(27)11-16(15)23(29)32;2*25-17-6-3-7-18(26)20(17)21(29)27-19(24(32)33)12-13-8-10-14(11-9-13)28-22(30)15-4-1-2-5-16(15)23(28)31/h3-11,13,21H,12H2,1-2H3,(H,30,33)(H,37,38);1-9,11,19H,10,27H2,(H,28,30)(H,33,34);3,6-11,15-16,19H,1-2,4-5,12H2,(H,27,29)(H,32,33);3,6-11,19H,1-2,4-5,12H2,(H,27,29)(H,32,33)/t21-;19-;15-,16-,19+;19-/m0010/s1. The zero-order valence-electron chi connectivity index (χ0n) is 72.6. The van der Waals surface area contributed by atoms with Gasteiger partial charge in [0.1, 0.15) is 24.2 Å². The van der Waals surface area contributed by atoms with Crippen molar-refractivity contribution in [1.82, 2.24) is 26.2 Å². The molecule has 1 saturated carbocycles. The third-order valence-corrected chi connectivity index (χ3v) is 25.9. The molecule has 31 nitrogen and oxygen atoms in total. The number of hydrogen-bond acceptors (Lipinski definition) is 18. The summed E-state index contributed by atoms with van der Waals surface area (Å²) in [5.74, 6) is -11.5. The van der Waals surface area contributed by atoms with Crippen LogP contribution in [0.25, 0.3) is 0 Å². The second-order valence-corrected chi connectivity index (χ2v) is 35.9. The Hall–Kier alpha value is -14.2. The number of imide groups is 4. The molecule has 1 saturated heterocycles. The molecule has 16 rings (SSSR count). The normalized spacial score (nSPS) is 16.0. The molecule has 10 aromatic carbocycles. The van der Waals surface area contributed by atoms with Gasteiger partial charge in [0.15, 0.2) is 0 Å². The molecule has 0 bridgehead atoms. The van der Waals surface area contributed by atoms with Crippen LogP contribution in [0.5, 0.6) is 0 Å². The number of aliphatic carboxylic acids is 4. The van der Waals surface area contributed by atoms with E-state index in [0.717, 1.165) is 48.3 Å². The molecule has 708 valence electrons. The topological polar surface area (TPSA) is 461 Å². The molecule has 0 aromatic heterocycles. The smallest absolute Gasteiger partial charge is 0.326 e. The maximum absolute atomic E-state index is 13.0. The number of carbonyl (C=O) groups is 17. The van der Waals surface area contributed by atoms with Crippen LogP contribution >= 0.6 is 92.8 Å². The van der Waals surface area contributed by atoms with Crippen LogP contribution in [-0.4, -0.2) is 164 Å². The summed E-state index contributed by atoms with van der Waals surface area (Å²) in [5, 5.41) is 49.1. The van der Waals surface area contributed by atoms with Crippen molar-refractivity contribution in [2.75, 3.05) is 39.4 Å². The van der Waals surface area contributed by atoms with Crippen LogP contribution in [0.4, 0.5) is 28.4 Å². The fraction of sp³-hybridized carbons (Fsp3) is 0.202. The number of carboxylic acid groups (broad SMARTS) is 4. The van der Waals surface area contributed by atoms with Gasteiger partial charge in [0, 0.05) is 62.2 Å². The molecule has 138 heavy (non-hydrogen) atoms. The molecular formula is C99H80Cl8N10O21. The van der Waals surface area contributed by atoms with E-state index in [9.17, 15) is 102 Å². The number of anilines is 5. The maximum Gasteiger partial charge on any atom is 0.326 e. The van der Waals surface area contributed by atoms with Gasteiger partial charge in [0.05, 0.1) is 119 Å². The van der Waals surface area contributed by atoms with Crippen LogP contribution in [0, 0.1) is 11.8 Å². The second kappa shape index (κ2) is 43.9. The van der Waals surface area contributed by atoms with Crippen molar-refractivity contribution in [2.45, 2.75) is 101 Å². The highest BCUT2D eigenvalue weighted by atomic mass is 35.5. The van der Waals surface area contributed by atoms with E-state index in [1.54, 1.807) is 117 Å². The summed E-state index contributed by atoms with van der Waals surface area (Å²) in [6.45, 7) is 0. The zero-order valence-corrected chi connectivity index (χ0v) is 78.7. The van der Waals surface area contributed by atoms with Crippen molar-refractivity contribution in [1.29, 1.82) is 0 Å². The first-order valence-electron chi connectivity index (χ1n) is 42.5. The predicted octanol–water partition coefficient (Wildman–Crippen LogP) is 16.0. The molecular weight excluding hydrogens is 1950 g/mol. The van der Waals surface area contributed by atoms with Crippen molar-refractivity contribution in [2.24, 2.45) is 11.8 Å². The van der Waals surface area contributed by atoms with Gasteiger partial charge in [-0.15, -0.1) is 0 Å². The average Bonchev–Trinajstić information content (AvgIpc) is 1.62. The molecule has 0 radical (unpaired) electrons. The van der Waals surface area contributed by atoms with Crippen molar-refractivity contribution in [3.8, 4) is 0 Å². The Morgan fingerprint density at radius 2 is 0.587 bits per heavy atom. The van der Waals surface area contributed by atoms with Crippen LogP contribution in [0.2, 0.25) is 40.2 Å². The average molecular weight is 2030 g/mol. The van der Waals surface area contributed by atoms with Crippen molar-refractivity contribution in [3.63, 3.8) is 0 Å². The number of nitrogens with two attached hydrogens (primary N) is 1. The number of nitrogen functional groups attached to an aromatic ring is 1. The van der Waals surface area contributed by atoms with Crippen LogP contribution in [0.15, 0.2) is 217 Å². The Kier molecular flexibility index (Phi) is 32.2. The lowest BCUT2D eigenvalue weighted by atomic mass is 9.81. The summed E-state index contributed by atoms with van der Waals surface area (Å²) in [5.41, 5.74) is 12.2. The molecule has 4 heterocycles. The van der Waals surface area contributed by atoms with Gasteiger partial charge in [-0.25, -0.2) is 33.9 Å². The number of halogens is 8. The van der Waals surface area contributed by atoms with Gasteiger partial charge in [-0.1, -0.05) is 178 Å². The molecule has 2 fully saturated rings. The first-order valence-corrected chi connectivity index (χ1v) is 45.5. The first kappa shape index (κ1) is 101. The quantitative estimate of drug-likeness (QED) is 0.0189. The van der Waals surface area contributed by atoms with Gasteiger partial charge in [-0.05, 0) is 194 Å². The molecule has 39 heteroatoms. The van der Waals surface area contributed by atoms with E-state index in [4.69, 9.17) is 98.5 Å². The van der Waals surface area contributed by atoms with Gasteiger partial charge < -0.3 is 52.3 Å². The van der Waals surface area contributed by atoms with E-state index in [0.29, 0.717) is 69.0 Å². The van der Waals surface area contributed by atoms with E-state index in [-0.39, 0.29) is 163 Å². The number of hydrogen-bond donors (Lipinski definition) is 9. The summed E-state index contributed by atoms with van der Waals surface area (Å²) >= 11 is 48.3. The SMILES string of the molecule is CN(C)C(=O)c1ccc2c(c1)C(=O)N(c1ccc(C[C@H](NC(=O)c3c(Cl)cccc3Cl)C(=O)O)cc1)C2=O.Nc1ccc2c(c1)C(=O)N(c1ccc(C[C@H](NC(=O)c3c(Cl)cccc3Cl)C(=O)O)cc1)C2=O.O=C(N[C@@H](Cc1ccc(N2C(=O)C3=C(CCCC3)C2=O)cc1)C(=O)O)c1c(Cl)cccc1Cl.O=C(N[C@@H](Cc1ccc(N2C(=O)[C@@H]3CCCC[C@H]3C2=O)cc1)C(=O)O)c1c(Cl)cccc1Cl.